The van der Waals surface area contributed by atoms with Gasteiger partial charge in [-0.2, -0.15) is 0 Å². The lowest BCUT2D eigenvalue weighted by Gasteiger charge is -2.04. The Hall–Kier alpha value is -2.46. The maximum absolute atomic E-state index is 11.3. The third-order valence-corrected chi connectivity index (χ3v) is 2.99. The number of ether oxygens (including phenoxy) is 1. The van der Waals surface area contributed by atoms with Gasteiger partial charge in [-0.1, -0.05) is 36.4 Å². The largest absolute Gasteiger partial charge is 0.465 e. The number of benzene rings is 2. The van der Waals surface area contributed by atoms with Crippen LogP contribution in [0.1, 0.15) is 20.7 Å². The molecule has 0 aliphatic carbocycles. The molecule has 0 aromatic heterocycles. The molecule has 0 fully saturated rings. The predicted octanol–water partition coefficient (Wildman–Crippen LogP) is 2.32. The van der Waals surface area contributed by atoms with E-state index < -0.39 is 6.61 Å². The minimum atomic E-state index is -0.493. The summed E-state index contributed by atoms with van der Waals surface area (Å²) >= 11 is 0. The molecule has 0 saturated heterocycles. The van der Waals surface area contributed by atoms with Crippen molar-refractivity contribution in [2.75, 3.05) is 13.7 Å². The molecule has 0 bridgehead atoms. The van der Waals surface area contributed by atoms with Gasteiger partial charge in [0.1, 0.15) is 6.61 Å². The highest BCUT2D eigenvalue weighted by Gasteiger charge is 2.07. The number of ketones is 1. The highest BCUT2D eigenvalue weighted by Crippen LogP contribution is 2.20. The zero-order valence-corrected chi connectivity index (χ0v) is 11.0. The number of aliphatic hydroxyl groups is 1. The van der Waals surface area contributed by atoms with Crippen LogP contribution in [-0.4, -0.2) is 30.6 Å². The Labute approximate surface area is 116 Å². The quantitative estimate of drug-likeness (QED) is 0.684. The Balaban J connectivity index is 2.23. The molecule has 0 spiro atoms. The molecule has 4 nitrogen and oxygen atoms in total. The van der Waals surface area contributed by atoms with Gasteiger partial charge < -0.3 is 9.84 Å². The van der Waals surface area contributed by atoms with Gasteiger partial charge in [-0.15, -0.1) is 0 Å². The summed E-state index contributed by atoms with van der Waals surface area (Å²) in [6.07, 6.45) is 0. The first-order chi connectivity index (χ1) is 9.65. The zero-order chi connectivity index (χ0) is 14.5. The van der Waals surface area contributed by atoms with E-state index in [9.17, 15) is 9.59 Å². The van der Waals surface area contributed by atoms with Crippen LogP contribution in [0, 0.1) is 0 Å². The van der Waals surface area contributed by atoms with E-state index >= 15 is 0 Å². The molecule has 0 aliphatic heterocycles. The first kappa shape index (κ1) is 14.0. The van der Waals surface area contributed by atoms with Crippen molar-refractivity contribution in [1.82, 2.24) is 0 Å². The van der Waals surface area contributed by atoms with Crippen molar-refractivity contribution in [2.24, 2.45) is 0 Å². The summed E-state index contributed by atoms with van der Waals surface area (Å²) in [5.41, 5.74) is 2.82. The molecule has 1 N–H and O–H groups in total. The number of carbonyl (C=O) groups excluding carboxylic acids is 2. The van der Waals surface area contributed by atoms with Gasteiger partial charge in [-0.3, -0.25) is 4.79 Å². The summed E-state index contributed by atoms with van der Waals surface area (Å²) in [6.45, 7) is -0.493. The molecule has 2 aromatic carbocycles. The lowest BCUT2D eigenvalue weighted by atomic mass is 10.0. The van der Waals surface area contributed by atoms with Crippen LogP contribution in [-0.2, 0) is 4.74 Å². The molecule has 2 rings (SSSR count). The van der Waals surface area contributed by atoms with Crippen molar-refractivity contribution in [1.29, 1.82) is 0 Å². The van der Waals surface area contributed by atoms with Crippen LogP contribution in [0.5, 0.6) is 0 Å². The molecule has 0 radical (unpaired) electrons. The maximum atomic E-state index is 11.3. The Kier molecular flexibility index (Phi) is 4.27. The van der Waals surface area contributed by atoms with Gasteiger partial charge >= 0.3 is 5.97 Å². The fraction of sp³-hybridized carbons (Fsp3) is 0.125. The number of rotatable bonds is 4. The molecule has 0 unspecified atom stereocenters. The first-order valence-corrected chi connectivity index (χ1v) is 6.08. The molecule has 20 heavy (non-hydrogen) atoms. The topological polar surface area (TPSA) is 63.6 Å². The first-order valence-electron chi connectivity index (χ1n) is 6.08. The van der Waals surface area contributed by atoms with Gasteiger partial charge in [0.2, 0.25) is 0 Å². The fourth-order valence-electron chi connectivity index (χ4n) is 1.86. The number of methoxy groups -OCH3 is 1. The van der Waals surface area contributed by atoms with Gasteiger partial charge in [0.25, 0.3) is 0 Å². The Morgan fingerprint density at radius 2 is 1.35 bits per heavy atom. The molecule has 2 aromatic rings. The van der Waals surface area contributed by atoms with Crippen LogP contribution >= 0.6 is 0 Å². The summed E-state index contributed by atoms with van der Waals surface area (Å²) in [6, 6.07) is 13.9. The molecule has 0 heterocycles. The normalized spacial score (nSPS) is 10.1. The Morgan fingerprint density at radius 1 is 0.900 bits per heavy atom. The number of hydrogen-bond donors (Lipinski definition) is 1. The Morgan fingerprint density at radius 3 is 1.75 bits per heavy atom. The summed E-state index contributed by atoms with van der Waals surface area (Å²) in [5, 5.41) is 8.79. The van der Waals surface area contributed by atoms with E-state index in [4.69, 9.17) is 5.11 Å². The van der Waals surface area contributed by atoms with Crippen LogP contribution < -0.4 is 0 Å². The highest BCUT2D eigenvalue weighted by atomic mass is 16.5. The smallest absolute Gasteiger partial charge is 0.337 e. The van der Waals surface area contributed by atoms with E-state index in [2.05, 4.69) is 4.74 Å². The SMILES string of the molecule is COC(=O)c1ccc(-c2ccc(C(=O)CO)cc2)cc1. The third-order valence-electron chi connectivity index (χ3n) is 2.99. The average Bonchev–Trinajstić information content (AvgIpc) is 2.53. The standard InChI is InChI=1S/C16H14O4/c1-20-16(19)14-8-4-12(5-9-14)11-2-6-13(7-3-11)15(18)10-17/h2-9,17H,10H2,1H3. The lowest BCUT2D eigenvalue weighted by Crippen LogP contribution is -2.03. The van der Waals surface area contributed by atoms with Gasteiger partial charge in [0.15, 0.2) is 5.78 Å². The van der Waals surface area contributed by atoms with Gasteiger partial charge in [0.05, 0.1) is 12.7 Å². The number of aliphatic hydroxyl groups excluding tert-OH is 1. The Bertz CT molecular complexity index is 554. The molecule has 102 valence electrons. The van der Waals surface area contributed by atoms with Crippen LogP contribution in [0.3, 0.4) is 0 Å². The van der Waals surface area contributed by atoms with E-state index in [1.165, 1.54) is 7.11 Å². The second-order valence-electron chi connectivity index (χ2n) is 4.23. The van der Waals surface area contributed by atoms with Crippen molar-refractivity contribution in [3.8, 4) is 11.1 Å². The van der Waals surface area contributed by atoms with Crippen molar-refractivity contribution in [3.63, 3.8) is 0 Å². The number of carbonyl (C=O) groups is 2. The average molecular weight is 270 g/mol. The van der Waals surface area contributed by atoms with Crippen molar-refractivity contribution >= 4 is 11.8 Å². The summed E-state index contributed by atoms with van der Waals surface area (Å²) in [4.78, 5) is 22.6. The van der Waals surface area contributed by atoms with Crippen molar-refractivity contribution < 1.29 is 19.4 Å². The van der Waals surface area contributed by atoms with Crippen LogP contribution in [0.25, 0.3) is 11.1 Å². The zero-order valence-electron chi connectivity index (χ0n) is 11.0. The van der Waals surface area contributed by atoms with Crippen LogP contribution in [0.2, 0.25) is 0 Å². The molecule has 4 heteroatoms. The second kappa shape index (κ2) is 6.12. The van der Waals surface area contributed by atoms with Gasteiger partial charge in [0, 0.05) is 5.56 Å². The van der Waals surface area contributed by atoms with E-state index in [1.807, 2.05) is 12.1 Å². The van der Waals surface area contributed by atoms with Gasteiger partial charge in [-0.05, 0) is 23.3 Å². The monoisotopic (exact) mass is 270 g/mol. The van der Waals surface area contributed by atoms with Crippen LogP contribution in [0.15, 0.2) is 48.5 Å². The van der Waals surface area contributed by atoms with E-state index in [0.717, 1.165) is 11.1 Å². The second-order valence-corrected chi connectivity index (χ2v) is 4.23. The van der Waals surface area contributed by atoms with Crippen molar-refractivity contribution in [3.05, 3.63) is 59.7 Å². The van der Waals surface area contributed by atoms with E-state index in [1.54, 1.807) is 36.4 Å². The molecular formula is C16H14O4. The van der Waals surface area contributed by atoms with E-state index in [0.29, 0.717) is 11.1 Å². The predicted molar refractivity (Wildman–Crippen MR) is 74.6 cm³/mol. The van der Waals surface area contributed by atoms with E-state index in [-0.39, 0.29) is 11.8 Å². The minimum Gasteiger partial charge on any atom is -0.465 e. The number of Topliss-reactive ketones (excluding diaryl/α,β-unsaturated/α-hetero) is 1. The van der Waals surface area contributed by atoms with Crippen LogP contribution in [0.4, 0.5) is 0 Å². The number of hydrogen-bond acceptors (Lipinski definition) is 4. The molecule has 0 saturated carbocycles. The maximum Gasteiger partial charge on any atom is 0.337 e. The molecule has 0 atom stereocenters. The molecule has 0 aliphatic rings. The minimum absolute atomic E-state index is 0.308. The molecule has 0 amide bonds. The van der Waals surface area contributed by atoms with Crippen molar-refractivity contribution in [2.45, 2.75) is 0 Å². The lowest BCUT2D eigenvalue weighted by molar-refractivity contribution is 0.0600. The van der Waals surface area contributed by atoms with Gasteiger partial charge in [-0.25, -0.2) is 4.79 Å². The fourth-order valence-corrected chi connectivity index (χ4v) is 1.86. The number of esters is 1. The third kappa shape index (κ3) is 2.92. The summed E-state index contributed by atoms with van der Waals surface area (Å²) < 4.78 is 4.64. The molecular weight excluding hydrogens is 256 g/mol. The highest BCUT2D eigenvalue weighted by molar-refractivity contribution is 5.97. The summed E-state index contributed by atoms with van der Waals surface area (Å²) in [5.74, 6) is -0.682. The summed E-state index contributed by atoms with van der Waals surface area (Å²) in [7, 11) is 1.34.